The van der Waals surface area contributed by atoms with Crippen molar-refractivity contribution in [2.24, 2.45) is 5.92 Å². The van der Waals surface area contributed by atoms with Crippen LogP contribution in [0.5, 0.6) is 0 Å². The van der Waals surface area contributed by atoms with E-state index >= 15 is 0 Å². The molecule has 0 saturated carbocycles. The minimum atomic E-state index is -0.208. The molecule has 0 radical (unpaired) electrons. The van der Waals surface area contributed by atoms with Crippen molar-refractivity contribution in [3.05, 3.63) is 0 Å². The van der Waals surface area contributed by atoms with E-state index in [1.165, 1.54) is 11.8 Å². The molecule has 1 aliphatic rings. The maximum absolute atomic E-state index is 12.2. The van der Waals surface area contributed by atoms with E-state index in [-0.39, 0.29) is 44.0 Å². The topological polar surface area (TPSA) is 81.1 Å². The lowest BCUT2D eigenvalue weighted by Crippen LogP contribution is -2.47. The van der Waals surface area contributed by atoms with Crippen molar-refractivity contribution in [3.63, 3.8) is 0 Å². The van der Waals surface area contributed by atoms with Gasteiger partial charge >= 0.3 is 0 Å². The van der Waals surface area contributed by atoms with Crippen molar-refractivity contribution in [3.8, 4) is 0 Å². The highest BCUT2D eigenvalue weighted by molar-refractivity contribution is 5.80. The third-order valence-electron chi connectivity index (χ3n) is 3.27. The van der Waals surface area contributed by atoms with Crippen molar-refractivity contribution in [1.29, 1.82) is 0 Å². The van der Waals surface area contributed by atoms with E-state index in [2.05, 4.69) is 0 Å². The molecule has 2 N–H and O–H groups in total. The summed E-state index contributed by atoms with van der Waals surface area (Å²) in [5.74, 6) is -0.298. The van der Waals surface area contributed by atoms with Crippen LogP contribution in [-0.4, -0.2) is 71.2 Å². The van der Waals surface area contributed by atoms with Crippen LogP contribution in [0.1, 0.15) is 19.8 Å². The first kappa shape index (κ1) is 14.9. The third-order valence-corrected chi connectivity index (χ3v) is 3.27. The van der Waals surface area contributed by atoms with E-state index in [0.29, 0.717) is 13.1 Å². The molecular formula is C12H22N2O4. The SMILES string of the molecule is CC(=O)N1CCCC(C(=O)N(CCO)CCO)C1. The molecule has 0 aromatic rings. The van der Waals surface area contributed by atoms with Crippen LogP contribution in [0.15, 0.2) is 0 Å². The maximum Gasteiger partial charge on any atom is 0.227 e. The Balaban J connectivity index is 2.60. The van der Waals surface area contributed by atoms with Gasteiger partial charge < -0.3 is 20.0 Å². The van der Waals surface area contributed by atoms with E-state index in [1.54, 1.807) is 4.90 Å². The molecular weight excluding hydrogens is 236 g/mol. The molecule has 0 aromatic heterocycles. The molecule has 18 heavy (non-hydrogen) atoms. The number of hydrogen-bond donors (Lipinski definition) is 2. The zero-order valence-electron chi connectivity index (χ0n) is 10.8. The van der Waals surface area contributed by atoms with Gasteiger partial charge in [0, 0.05) is 33.1 Å². The summed E-state index contributed by atoms with van der Waals surface area (Å²) < 4.78 is 0. The van der Waals surface area contributed by atoms with Gasteiger partial charge in [-0.1, -0.05) is 0 Å². The van der Waals surface area contributed by atoms with Crippen LogP contribution in [0, 0.1) is 5.92 Å². The molecule has 2 amide bonds. The molecule has 1 unspecified atom stereocenters. The van der Waals surface area contributed by atoms with Gasteiger partial charge in [-0.3, -0.25) is 9.59 Å². The second kappa shape index (κ2) is 7.33. The second-order valence-corrected chi connectivity index (χ2v) is 4.58. The zero-order valence-corrected chi connectivity index (χ0v) is 10.8. The predicted octanol–water partition coefficient (Wildman–Crippen LogP) is -0.942. The molecule has 0 bridgehead atoms. The Kier molecular flexibility index (Phi) is 6.07. The number of carbonyl (C=O) groups is 2. The summed E-state index contributed by atoms with van der Waals surface area (Å²) in [4.78, 5) is 26.7. The third kappa shape index (κ3) is 3.96. The number of piperidine rings is 1. The van der Waals surface area contributed by atoms with Gasteiger partial charge in [0.05, 0.1) is 19.1 Å². The van der Waals surface area contributed by atoms with Crippen LogP contribution >= 0.6 is 0 Å². The molecule has 0 spiro atoms. The van der Waals surface area contributed by atoms with Crippen LogP contribution in [-0.2, 0) is 9.59 Å². The lowest BCUT2D eigenvalue weighted by atomic mass is 9.96. The molecule has 1 saturated heterocycles. The maximum atomic E-state index is 12.2. The fourth-order valence-electron chi connectivity index (χ4n) is 2.30. The van der Waals surface area contributed by atoms with Crippen LogP contribution < -0.4 is 0 Å². The van der Waals surface area contributed by atoms with Gasteiger partial charge in [-0.25, -0.2) is 0 Å². The Hall–Kier alpha value is -1.14. The Morgan fingerprint density at radius 1 is 1.28 bits per heavy atom. The van der Waals surface area contributed by atoms with Gasteiger partial charge in [0.1, 0.15) is 0 Å². The molecule has 1 atom stereocenters. The highest BCUT2D eigenvalue weighted by atomic mass is 16.3. The average molecular weight is 258 g/mol. The predicted molar refractivity (Wildman–Crippen MR) is 65.7 cm³/mol. The molecule has 6 nitrogen and oxygen atoms in total. The standard InChI is InChI=1S/C12H22N2O4/c1-10(17)14-4-2-3-11(9-14)12(18)13(5-7-15)6-8-16/h11,15-16H,2-9H2,1H3. The van der Waals surface area contributed by atoms with Crippen molar-refractivity contribution >= 4 is 11.8 Å². The fourth-order valence-corrected chi connectivity index (χ4v) is 2.30. The molecule has 104 valence electrons. The number of carbonyl (C=O) groups excluding carboxylic acids is 2. The number of hydrogen-bond acceptors (Lipinski definition) is 4. The van der Waals surface area contributed by atoms with Crippen molar-refractivity contribution in [2.45, 2.75) is 19.8 Å². The number of aliphatic hydroxyl groups excluding tert-OH is 2. The summed E-state index contributed by atoms with van der Waals surface area (Å²) in [5, 5.41) is 17.8. The van der Waals surface area contributed by atoms with E-state index in [4.69, 9.17) is 10.2 Å². The molecule has 1 rings (SSSR count). The molecule has 1 aliphatic heterocycles. The van der Waals surface area contributed by atoms with Crippen LogP contribution in [0.25, 0.3) is 0 Å². The normalized spacial score (nSPS) is 19.7. The van der Waals surface area contributed by atoms with Crippen molar-refractivity contribution in [2.75, 3.05) is 39.4 Å². The van der Waals surface area contributed by atoms with E-state index in [0.717, 1.165) is 12.8 Å². The monoisotopic (exact) mass is 258 g/mol. The van der Waals surface area contributed by atoms with Gasteiger partial charge in [-0.2, -0.15) is 0 Å². The summed E-state index contributed by atoms with van der Waals surface area (Å²) >= 11 is 0. The lowest BCUT2D eigenvalue weighted by Gasteiger charge is -2.34. The number of nitrogens with zero attached hydrogens (tertiary/aromatic N) is 2. The summed E-state index contributed by atoms with van der Waals surface area (Å²) in [6.45, 7) is 2.89. The summed E-state index contributed by atoms with van der Waals surface area (Å²) in [5.41, 5.74) is 0. The van der Waals surface area contributed by atoms with Crippen LogP contribution in [0.3, 0.4) is 0 Å². The highest BCUT2D eigenvalue weighted by Crippen LogP contribution is 2.18. The first-order valence-corrected chi connectivity index (χ1v) is 6.36. The van der Waals surface area contributed by atoms with Gasteiger partial charge in [-0.15, -0.1) is 0 Å². The first-order chi connectivity index (χ1) is 8.60. The average Bonchev–Trinajstić information content (AvgIpc) is 2.38. The Bertz CT molecular complexity index is 290. The van der Waals surface area contributed by atoms with Gasteiger partial charge in [-0.05, 0) is 12.8 Å². The Morgan fingerprint density at radius 2 is 1.89 bits per heavy atom. The molecule has 1 heterocycles. The van der Waals surface area contributed by atoms with Gasteiger partial charge in [0.15, 0.2) is 0 Å². The van der Waals surface area contributed by atoms with Gasteiger partial charge in [0.25, 0.3) is 0 Å². The molecule has 6 heteroatoms. The minimum Gasteiger partial charge on any atom is -0.395 e. The van der Waals surface area contributed by atoms with Crippen molar-refractivity contribution < 1.29 is 19.8 Å². The first-order valence-electron chi connectivity index (χ1n) is 6.36. The molecule has 0 aromatic carbocycles. The minimum absolute atomic E-state index is 0.0108. The van der Waals surface area contributed by atoms with Crippen LogP contribution in [0.4, 0.5) is 0 Å². The highest BCUT2D eigenvalue weighted by Gasteiger charge is 2.29. The Labute approximate surface area is 107 Å². The van der Waals surface area contributed by atoms with E-state index in [9.17, 15) is 9.59 Å². The van der Waals surface area contributed by atoms with E-state index in [1.807, 2.05) is 0 Å². The van der Waals surface area contributed by atoms with Gasteiger partial charge in [0.2, 0.25) is 11.8 Å². The number of amides is 2. The lowest BCUT2D eigenvalue weighted by molar-refractivity contribution is -0.141. The Morgan fingerprint density at radius 3 is 2.39 bits per heavy atom. The number of likely N-dealkylation sites (tertiary alicyclic amines) is 1. The molecule has 0 aliphatic carbocycles. The molecule has 1 fully saturated rings. The fraction of sp³-hybridized carbons (Fsp3) is 0.833. The number of aliphatic hydroxyl groups is 2. The summed E-state index contributed by atoms with van der Waals surface area (Å²) in [6.07, 6.45) is 1.58. The van der Waals surface area contributed by atoms with Crippen LogP contribution in [0.2, 0.25) is 0 Å². The largest absolute Gasteiger partial charge is 0.395 e. The quantitative estimate of drug-likeness (QED) is 0.667. The second-order valence-electron chi connectivity index (χ2n) is 4.58. The smallest absolute Gasteiger partial charge is 0.227 e. The zero-order chi connectivity index (χ0) is 13.5. The van der Waals surface area contributed by atoms with E-state index < -0.39 is 0 Å². The summed E-state index contributed by atoms with van der Waals surface area (Å²) in [6, 6.07) is 0. The van der Waals surface area contributed by atoms with Crippen molar-refractivity contribution in [1.82, 2.24) is 9.80 Å². The summed E-state index contributed by atoms with van der Waals surface area (Å²) in [7, 11) is 0. The number of rotatable bonds is 5.